The average Bonchev–Trinajstić information content (AvgIpc) is 2.97. The van der Waals surface area contributed by atoms with Gasteiger partial charge in [0.25, 0.3) is 0 Å². The van der Waals surface area contributed by atoms with Crippen LogP contribution in [0.5, 0.6) is 0 Å². The fourth-order valence-electron chi connectivity index (χ4n) is 2.72. The van der Waals surface area contributed by atoms with Gasteiger partial charge in [0.05, 0.1) is 23.4 Å². The number of benzene rings is 1. The SMILES string of the molecule is Fc1cc(I)ccc1Nc1c(C2C[N]CCO2)oc2ccncc12. The van der Waals surface area contributed by atoms with Crippen LogP contribution in [0.2, 0.25) is 0 Å². The summed E-state index contributed by atoms with van der Waals surface area (Å²) in [7, 11) is 0. The Bertz CT molecular complexity index is 877. The molecule has 24 heavy (non-hydrogen) atoms. The first-order valence-corrected chi connectivity index (χ1v) is 8.63. The maximum atomic E-state index is 14.3. The predicted octanol–water partition coefficient (Wildman–Crippen LogP) is 3.99. The molecule has 7 heteroatoms. The van der Waals surface area contributed by atoms with E-state index in [1.54, 1.807) is 24.5 Å². The van der Waals surface area contributed by atoms with E-state index in [1.165, 1.54) is 6.07 Å². The van der Waals surface area contributed by atoms with Crippen molar-refractivity contribution < 1.29 is 13.5 Å². The van der Waals surface area contributed by atoms with E-state index in [4.69, 9.17) is 9.15 Å². The van der Waals surface area contributed by atoms with Crippen LogP contribution in [0.25, 0.3) is 11.0 Å². The quantitative estimate of drug-likeness (QED) is 0.629. The van der Waals surface area contributed by atoms with E-state index in [2.05, 4.69) is 38.2 Å². The van der Waals surface area contributed by atoms with Gasteiger partial charge in [0.15, 0.2) is 5.76 Å². The van der Waals surface area contributed by atoms with Gasteiger partial charge in [-0.1, -0.05) is 0 Å². The zero-order valence-electron chi connectivity index (χ0n) is 12.6. The highest BCUT2D eigenvalue weighted by atomic mass is 127. The number of rotatable bonds is 3. The lowest BCUT2D eigenvalue weighted by Gasteiger charge is -2.22. The van der Waals surface area contributed by atoms with Gasteiger partial charge in [0.2, 0.25) is 0 Å². The summed E-state index contributed by atoms with van der Waals surface area (Å²) < 4.78 is 26.8. The molecule has 1 aromatic carbocycles. The molecular formula is C17H14FIN3O2. The minimum atomic E-state index is -0.319. The summed E-state index contributed by atoms with van der Waals surface area (Å²) in [5, 5.41) is 8.32. The number of ether oxygens (including phenoxy) is 1. The second kappa shape index (κ2) is 6.66. The lowest BCUT2D eigenvalue weighted by Crippen LogP contribution is -2.28. The zero-order valence-corrected chi connectivity index (χ0v) is 14.8. The van der Waals surface area contributed by atoms with E-state index in [9.17, 15) is 4.39 Å². The van der Waals surface area contributed by atoms with Crippen LogP contribution < -0.4 is 10.6 Å². The first kappa shape index (κ1) is 15.8. The molecule has 1 N–H and O–H groups in total. The molecular weight excluding hydrogens is 424 g/mol. The number of fused-ring (bicyclic) bond motifs is 1. The lowest BCUT2D eigenvalue weighted by atomic mass is 10.1. The molecule has 0 bridgehead atoms. The molecule has 0 spiro atoms. The molecule has 0 amide bonds. The molecule has 1 aliphatic heterocycles. The van der Waals surface area contributed by atoms with Gasteiger partial charge in [-0.25, -0.2) is 9.71 Å². The normalized spacial score (nSPS) is 18.0. The van der Waals surface area contributed by atoms with E-state index < -0.39 is 0 Å². The van der Waals surface area contributed by atoms with E-state index >= 15 is 0 Å². The van der Waals surface area contributed by atoms with Crippen molar-refractivity contribution in [3.63, 3.8) is 0 Å². The maximum Gasteiger partial charge on any atom is 0.158 e. The molecule has 1 saturated heterocycles. The number of aromatic nitrogens is 1. The van der Waals surface area contributed by atoms with Crippen molar-refractivity contribution in [3.05, 3.63) is 51.8 Å². The van der Waals surface area contributed by atoms with E-state index in [-0.39, 0.29) is 11.9 Å². The highest BCUT2D eigenvalue weighted by Gasteiger charge is 2.26. The molecule has 1 unspecified atom stereocenters. The molecule has 5 nitrogen and oxygen atoms in total. The van der Waals surface area contributed by atoms with Crippen LogP contribution in [0, 0.1) is 9.39 Å². The first-order chi connectivity index (χ1) is 11.7. The van der Waals surface area contributed by atoms with Gasteiger partial charge >= 0.3 is 0 Å². The number of hydrogen-bond donors (Lipinski definition) is 1. The van der Waals surface area contributed by atoms with Crippen LogP contribution >= 0.6 is 22.6 Å². The van der Waals surface area contributed by atoms with Crippen molar-refractivity contribution >= 4 is 44.9 Å². The Labute approximate surface area is 151 Å². The van der Waals surface area contributed by atoms with Crippen molar-refractivity contribution in [1.82, 2.24) is 10.3 Å². The molecule has 123 valence electrons. The summed E-state index contributed by atoms with van der Waals surface area (Å²) in [5.41, 5.74) is 1.75. The summed E-state index contributed by atoms with van der Waals surface area (Å²) in [6.45, 7) is 1.77. The number of nitrogens with one attached hydrogen (secondary N) is 1. The maximum absolute atomic E-state index is 14.3. The second-order valence-electron chi connectivity index (χ2n) is 5.45. The third-order valence-corrected chi connectivity index (χ3v) is 4.53. The summed E-state index contributed by atoms with van der Waals surface area (Å²) in [6, 6.07) is 6.82. The number of pyridine rings is 1. The Morgan fingerprint density at radius 1 is 1.29 bits per heavy atom. The topological polar surface area (TPSA) is 61.4 Å². The van der Waals surface area contributed by atoms with Gasteiger partial charge in [0, 0.05) is 29.1 Å². The Balaban J connectivity index is 1.79. The number of morpholine rings is 1. The second-order valence-corrected chi connectivity index (χ2v) is 6.70. The number of nitrogens with zero attached hydrogens (tertiary/aromatic N) is 2. The molecule has 1 radical (unpaired) electrons. The van der Waals surface area contributed by atoms with Crippen molar-refractivity contribution in [2.45, 2.75) is 6.10 Å². The Morgan fingerprint density at radius 3 is 3.00 bits per heavy atom. The Morgan fingerprint density at radius 2 is 2.21 bits per heavy atom. The van der Waals surface area contributed by atoms with E-state index in [1.807, 2.05) is 6.07 Å². The Hall–Kier alpha value is -1.71. The highest BCUT2D eigenvalue weighted by Crippen LogP contribution is 2.38. The fraction of sp³-hybridized carbons (Fsp3) is 0.235. The third kappa shape index (κ3) is 2.99. The zero-order chi connectivity index (χ0) is 16.5. The molecule has 1 atom stereocenters. The summed E-state index contributed by atoms with van der Waals surface area (Å²) in [4.78, 5) is 4.15. The monoisotopic (exact) mass is 438 g/mol. The minimum Gasteiger partial charge on any atom is -0.456 e. The van der Waals surface area contributed by atoms with Crippen LogP contribution in [0.15, 0.2) is 41.1 Å². The van der Waals surface area contributed by atoms with Gasteiger partial charge in [-0.3, -0.25) is 4.98 Å². The third-order valence-electron chi connectivity index (χ3n) is 3.86. The molecule has 0 saturated carbocycles. The molecule has 2 aromatic heterocycles. The predicted molar refractivity (Wildman–Crippen MR) is 97.0 cm³/mol. The van der Waals surface area contributed by atoms with Gasteiger partial charge in [-0.05, 0) is 46.9 Å². The number of furan rings is 1. The summed E-state index contributed by atoms with van der Waals surface area (Å²) in [6.07, 6.45) is 3.09. The van der Waals surface area contributed by atoms with Crippen molar-refractivity contribution in [1.29, 1.82) is 0 Å². The van der Waals surface area contributed by atoms with Gasteiger partial charge in [-0.15, -0.1) is 0 Å². The minimum absolute atomic E-state index is 0.277. The largest absolute Gasteiger partial charge is 0.456 e. The highest BCUT2D eigenvalue weighted by molar-refractivity contribution is 14.1. The summed E-state index contributed by atoms with van der Waals surface area (Å²) >= 11 is 2.08. The lowest BCUT2D eigenvalue weighted by molar-refractivity contribution is 0.0142. The Kier molecular flexibility index (Phi) is 4.38. The van der Waals surface area contributed by atoms with E-state index in [0.29, 0.717) is 42.4 Å². The van der Waals surface area contributed by atoms with Crippen molar-refractivity contribution in [2.24, 2.45) is 0 Å². The van der Waals surface area contributed by atoms with Crippen LogP contribution in [0.1, 0.15) is 11.9 Å². The van der Waals surface area contributed by atoms with Gasteiger partial charge < -0.3 is 14.5 Å². The molecule has 1 fully saturated rings. The van der Waals surface area contributed by atoms with Crippen molar-refractivity contribution in [3.8, 4) is 0 Å². The van der Waals surface area contributed by atoms with Crippen LogP contribution in [0.3, 0.4) is 0 Å². The van der Waals surface area contributed by atoms with Crippen molar-refractivity contribution in [2.75, 3.05) is 25.0 Å². The molecule has 1 aliphatic rings. The molecule has 0 aliphatic carbocycles. The van der Waals surface area contributed by atoms with Crippen LogP contribution in [0.4, 0.5) is 15.8 Å². The molecule has 3 heterocycles. The number of anilines is 2. The van der Waals surface area contributed by atoms with Gasteiger partial charge in [0.1, 0.15) is 17.5 Å². The smallest absolute Gasteiger partial charge is 0.158 e. The van der Waals surface area contributed by atoms with Gasteiger partial charge in [-0.2, -0.15) is 0 Å². The van der Waals surface area contributed by atoms with Crippen LogP contribution in [-0.2, 0) is 4.74 Å². The van der Waals surface area contributed by atoms with E-state index in [0.717, 1.165) is 8.96 Å². The van der Waals surface area contributed by atoms with Crippen LogP contribution in [-0.4, -0.2) is 24.7 Å². The molecule has 3 aromatic rings. The first-order valence-electron chi connectivity index (χ1n) is 7.56. The molecule has 4 rings (SSSR count). The summed E-state index contributed by atoms with van der Waals surface area (Å²) in [5.74, 6) is 0.305. The standard InChI is InChI=1S/C17H14FIN3O2/c18-12-7-10(19)1-2-13(12)22-16-11-8-20-4-3-14(11)24-17(16)15-9-21-5-6-23-15/h1-4,7-8,15,22H,5-6,9H2. The number of halogens is 2. The average molecular weight is 438 g/mol. The number of hydrogen-bond acceptors (Lipinski definition) is 4. The fourth-order valence-corrected chi connectivity index (χ4v) is 3.17.